The molecule has 2 aliphatic rings. The molecule has 1 heterocycles. The summed E-state index contributed by atoms with van der Waals surface area (Å²) >= 11 is 0. The van der Waals surface area contributed by atoms with E-state index in [4.69, 9.17) is 5.73 Å². The van der Waals surface area contributed by atoms with E-state index in [0.29, 0.717) is 13.1 Å². The van der Waals surface area contributed by atoms with E-state index in [-0.39, 0.29) is 12.1 Å². The van der Waals surface area contributed by atoms with E-state index in [1.807, 2.05) is 18.2 Å². The number of hydrogen-bond donors (Lipinski definition) is 2. The van der Waals surface area contributed by atoms with Gasteiger partial charge in [-0.15, -0.1) is 0 Å². The van der Waals surface area contributed by atoms with Crippen molar-refractivity contribution in [3.05, 3.63) is 35.4 Å². The first-order valence-electron chi connectivity index (χ1n) is 7.16. The van der Waals surface area contributed by atoms with E-state index in [9.17, 15) is 8.42 Å². The van der Waals surface area contributed by atoms with Crippen LogP contribution in [0.2, 0.25) is 0 Å². The second kappa shape index (κ2) is 5.44. The molecule has 1 aliphatic heterocycles. The highest BCUT2D eigenvalue weighted by Gasteiger charge is 2.32. The van der Waals surface area contributed by atoms with Crippen LogP contribution in [0.3, 0.4) is 0 Å². The molecule has 1 aromatic rings. The van der Waals surface area contributed by atoms with E-state index in [0.717, 1.165) is 31.2 Å². The SMILES string of the molecule is NC1CCCC1NS(=O)(=O)N1CCc2ccccc2C1. The van der Waals surface area contributed by atoms with Crippen LogP contribution >= 0.6 is 0 Å². The third-order valence-electron chi connectivity index (χ3n) is 4.31. The van der Waals surface area contributed by atoms with Crippen LogP contribution in [0.15, 0.2) is 24.3 Å². The van der Waals surface area contributed by atoms with Gasteiger partial charge in [0.15, 0.2) is 0 Å². The van der Waals surface area contributed by atoms with Crippen molar-refractivity contribution in [3.63, 3.8) is 0 Å². The average Bonchev–Trinajstić information content (AvgIpc) is 2.83. The number of nitrogens with two attached hydrogens (primary N) is 1. The maximum Gasteiger partial charge on any atom is 0.280 e. The molecule has 110 valence electrons. The van der Waals surface area contributed by atoms with Crippen molar-refractivity contribution in [3.8, 4) is 0 Å². The molecule has 0 bridgehead atoms. The number of hydrogen-bond acceptors (Lipinski definition) is 3. The minimum atomic E-state index is -3.44. The number of benzene rings is 1. The zero-order chi connectivity index (χ0) is 14.2. The summed E-state index contributed by atoms with van der Waals surface area (Å²) in [7, 11) is -3.44. The van der Waals surface area contributed by atoms with Gasteiger partial charge in [0.2, 0.25) is 0 Å². The second-order valence-electron chi connectivity index (χ2n) is 5.68. The van der Waals surface area contributed by atoms with Crippen LogP contribution in [0, 0.1) is 0 Å². The summed E-state index contributed by atoms with van der Waals surface area (Å²) in [5.74, 6) is 0. The van der Waals surface area contributed by atoms with Gasteiger partial charge in [0.05, 0.1) is 0 Å². The first-order valence-corrected chi connectivity index (χ1v) is 8.60. The molecular weight excluding hydrogens is 274 g/mol. The Balaban J connectivity index is 1.73. The van der Waals surface area contributed by atoms with Crippen LogP contribution in [-0.2, 0) is 23.2 Å². The van der Waals surface area contributed by atoms with E-state index >= 15 is 0 Å². The molecule has 0 saturated heterocycles. The van der Waals surface area contributed by atoms with Gasteiger partial charge in [-0.25, -0.2) is 0 Å². The van der Waals surface area contributed by atoms with Gasteiger partial charge in [-0.1, -0.05) is 30.7 Å². The van der Waals surface area contributed by atoms with Gasteiger partial charge in [-0.3, -0.25) is 0 Å². The lowest BCUT2D eigenvalue weighted by atomic mass is 10.0. The van der Waals surface area contributed by atoms with Crippen molar-refractivity contribution in [1.29, 1.82) is 0 Å². The van der Waals surface area contributed by atoms with E-state index in [2.05, 4.69) is 10.8 Å². The van der Waals surface area contributed by atoms with Crippen LogP contribution in [0.4, 0.5) is 0 Å². The maximum absolute atomic E-state index is 12.5. The molecule has 2 atom stereocenters. The van der Waals surface area contributed by atoms with Crippen LogP contribution in [0.25, 0.3) is 0 Å². The van der Waals surface area contributed by atoms with Crippen molar-refractivity contribution in [1.82, 2.24) is 9.03 Å². The predicted molar refractivity (Wildman–Crippen MR) is 78.2 cm³/mol. The lowest BCUT2D eigenvalue weighted by Gasteiger charge is -2.30. The van der Waals surface area contributed by atoms with E-state index in [1.54, 1.807) is 0 Å². The Labute approximate surface area is 120 Å². The zero-order valence-electron chi connectivity index (χ0n) is 11.5. The molecule has 20 heavy (non-hydrogen) atoms. The fourth-order valence-corrected chi connectivity index (χ4v) is 4.54. The quantitative estimate of drug-likeness (QED) is 0.864. The number of fused-ring (bicyclic) bond motifs is 1. The fourth-order valence-electron chi connectivity index (χ4n) is 3.08. The zero-order valence-corrected chi connectivity index (χ0v) is 12.3. The molecular formula is C14H21N3O2S. The molecule has 0 radical (unpaired) electrons. The Morgan fingerprint density at radius 3 is 2.65 bits per heavy atom. The van der Waals surface area contributed by atoms with Gasteiger partial charge >= 0.3 is 0 Å². The first-order chi connectivity index (χ1) is 9.56. The van der Waals surface area contributed by atoms with Gasteiger partial charge in [-0.05, 0) is 30.4 Å². The van der Waals surface area contributed by atoms with Gasteiger partial charge in [0.25, 0.3) is 10.2 Å². The summed E-state index contributed by atoms with van der Waals surface area (Å²) < 4.78 is 29.2. The molecule has 1 aromatic carbocycles. The van der Waals surface area contributed by atoms with Gasteiger partial charge in [0.1, 0.15) is 0 Å². The molecule has 1 saturated carbocycles. The lowest BCUT2D eigenvalue weighted by Crippen LogP contribution is -2.50. The van der Waals surface area contributed by atoms with Crippen molar-refractivity contribution in [2.45, 2.75) is 44.3 Å². The van der Waals surface area contributed by atoms with E-state index in [1.165, 1.54) is 9.87 Å². The van der Waals surface area contributed by atoms with Crippen molar-refractivity contribution in [2.24, 2.45) is 5.73 Å². The monoisotopic (exact) mass is 295 g/mol. The standard InChI is InChI=1S/C14H21N3O2S/c15-13-6-3-7-14(13)16-20(18,19)17-9-8-11-4-1-2-5-12(11)10-17/h1-2,4-5,13-14,16H,3,6-10,15H2. The maximum atomic E-state index is 12.5. The highest BCUT2D eigenvalue weighted by Crippen LogP contribution is 2.22. The Bertz CT molecular complexity index is 588. The van der Waals surface area contributed by atoms with Crippen molar-refractivity contribution in [2.75, 3.05) is 6.54 Å². The molecule has 0 amide bonds. The van der Waals surface area contributed by atoms with Gasteiger partial charge < -0.3 is 5.73 Å². The summed E-state index contributed by atoms with van der Waals surface area (Å²) in [6, 6.07) is 7.85. The van der Waals surface area contributed by atoms with Crippen LogP contribution in [0.1, 0.15) is 30.4 Å². The number of nitrogens with one attached hydrogen (secondary N) is 1. The molecule has 3 N–H and O–H groups in total. The highest BCUT2D eigenvalue weighted by atomic mass is 32.2. The number of rotatable bonds is 3. The summed E-state index contributed by atoms with van der Waals surface area (Å²) in [4.78, 5) is 0. The fraction of sp³-hybridized carbons (Fsp3) is 0.571. The molecule has 3 rings (SSSR count). The molecule has 0 spiro atoms. The Morgan fingerprint density at radius 2 is 1.95 bits per heavy atom. The third-order valence-corrected chi connectivity index (χ3v) is 5.90. The van der Waals surface area contributed by atoms with Gasteiger partial charge in [0, 0.05) is 25.2 Å². The topological polar surface area (TPSA) is 75.4 Å². The molecule has 2 unspecified atom stereocenters. The Kier molecular flexibility index (Phi) is 3.81. The molecule has 1 fully saturated rings. The molecule has 1 aliphatic carbocycles. The summed E-state index contributed by atoms with van der Waals surface area (Å²) in [5, 5.41) is 0. The molecule has 0 aromatic heterocycles. The van der Waals surface area contributed by atoms with E-state index < -0.39 is 10.2 Å². The van der Waals surface area contributed by atoms with Crippen LogP contribution in [-0.4, -0.2) is 31.4 Å². The normalized spacial score (nSPS) is 27.4. The smallest absolute Gasteiger partial charge is 0.280 e. The van der Waals surface area contributed by atoms with Crippen LogP contribution in [0.5, 0.6) is 0 Å². The lowest BCUT2D eigenvalue weighted by molar-refractivity contribution is 0.375. The molecule has 5 nitrogen and oxygen atoms in total. The Morgan fingerprint density at radius 1 is 1.20 bits per heavy atom. The van der Waals surface area contributed by atoms with Crippen molar-refractivity contribution < 1.29 is 8.42 Å². The van der Waals surface area contributed by atoms with Crippen molar-refractivity contribution >= 4 is 10.2 Å². The predicted octanol–water partition coefficient (Wildman–Crippen LogP) is 0.759. The van der Waals surface area contributed by atoms with Gasteiger partial charge in [-0.2, -0.15) is 17.4 Å². The summed E-state index contributed by atoms with van der Waals surface area (Å²) in [5.41, 5.74) is 8.29. The largest absolute Gasteiger partial charge is 0.326 e. The van der Waals surface area contributed by atoms with Crippen LogP contribution < -0.4 is 10.5 Å². The summed E-state index contributed by atoms with van der Waals surface area (Å²) in [6.45, 7) is 0.988. The average molecular weight is 295 g/mol. The number of nitrogens with zero attached hydrogens (tertiary/aromatic N) is 1. The molecule has 6 heteroatoms. The minimum Gasteiger partial charge on any atom is -0.326 e. The third kappa shape index (κ3) is 2.74. The minimum absolute atomic E-state index is 0.0538. The first kappa shape index (κ1) is 14.0. The summed E-state index contributed by atoms with van der Waals surface area (Å²) in [6.07, 6.45) is 3.51. The second-order valence-corrected chi connectivity index (χ2v) is 7.38. The Hall–Kier alpha value is -0.950. The highest BCUT2D eigenvalue weighted by molar-refractivity contribution is 7.87.